The van der Waals surface area contributed by atoms with E-state index in [4.69, 9.17) is 10.5 Å². The van der Waals surface area contributed by atoms with E-state index >= 15 is 0 Å². The molecule has 0 spiro atoms. The molecule has 0 aromatic heterocycles. The van der Waals surface area contributed by atoms with Gasteiger partial charge in [-0.05, 0) is 42.8 Å². The number of anilines is 2. The highest BCUT2D eigenvalue weighted by molar-refractivity contribution is 5.66. The third kappa shape index (κ3) is 3.16. The molecule has 0 fully saturated rings. The minimum Gasteiger partial charge on any atom is -0.497 e. The van der Waals surface area contributed by atoms with Crippen molar-refractivity contribution in [3.8, 4) is 5.75 Å². The number of ether oxygens (including phenoxy) is 1. The van der Waals surface area contributed by atoms with E-state index in [1.807, 2.05) is 31.2 Å². The van der Waals surface area contributed by atoms with Crippen molar-refractivity contribution < 1.29 is 9.13 Å². The van der Waals surface area contributed by atoms with E-state index in [-0.39, 0.29) is 11.9 Å². The van der Waals surface area contributed by atoms with Crippen LogP contribution in [0.1, 0.15) is 18.5 Å². The lowest BCUT2D eigenvalue weighted by atomic mass is 10.1. The SMILES string of the molecule is COc1ccc(C(C)Nc2cc(F)ccc2N)cc1. The molecule has 0 radical (unpaired) electrons. The highest BCUT2D eigenvalue weighted by Crippen LogP contribution is 2.25. The summed E-state index contributed by atoms with van der Waals surface area (Å²) in [6.45, 7) is 1.99. The van der Waals surface area contributed by atoms with Crippen LogP contribution in [0, 0.1) is 5.82 Å². The predicted molar refractivity (Wildman–Crippen MR) is 75.8 cm³/mol. The van der Waals surface area contributed by atoms with Gasteiger partial charge in [-0.25, -0.2) is 4.39 Å². The number of nitrogens with one attached hydrogen (secondary N) is 1. The molecular formula is C15H17FN2O. The van der Waals surface area contributed by atoms with Crippen LogP contribution in [0.2, 0.25) is 0 Å². The third-order valence-electron chi connectivity index (χ3n) is 3.00. The van der Waals surface area contributed by atoms with Gasteiger partial charge >= 0.3 is 0 Å². The minimum atomic E-state index is -0.307. The Balaban J connectivity index is 2.15. The zero-order chi connectivity index (χ0) is 13.8. The van der Waals surface area contributed by atoms with Crippen LogP contribution in [0.15, 0.2) is 42.5 Å². The predicted octanol–water partition coefficient (Wildman–Crippen LogP) is 3.59. The molecule has 0 aliphatic carbocycles. The lowest BCUT2D eigenvalue weighted by Crippen LogP contribution is -2.08. The van der Waals surface area contributed by atoms with Gasteiger partial charge in [0.2, 0.25) is 0 Å². The molecule has 2 aromatic carbocycles. The van der Waals surface area contributed by atoms with Gasteiger partial charge in [-0.15, -0.1) is 0 Å². The van der Waals surface area contributed by atoms with Crippen LogP contribution < -0.4 is 15.8 Å². The maximum atomic E-state index is 13.2. The van der Waals surface area contributed by atoms with Crippen LogP contribution in [0.3, 0.4) is 0 Å². The van der Waals surface area contributed by atoms with E-state index < -0.39 is 0 Å². The smallest absolute Gasteiger partial charge is 0.125 e. The summed E-state index contributed by atoms with van der Waals surface area (Å²) in [6, 6.07) is 12.0. The Bertz CT molecular complexity index is 555. The number of rotatable bonds is 4. The number of halogens is 1. The van der Waals surface area contributed by atoms with Crippen LogP contribution in [-0.2, 0) is 0 Å². The molecular weight excluding hydrogens is 243 g/mol. The highest BCUT2D eigenvalue weighted by atomic mass is 19.1. The number of hydrogen-bond acceptors (Lipinski definition) is 3. The molecule has 1 unspecified atom stereocenters. The van der Waals surface area contributed by atoms with Crippen molar-refractivity contribution in [2.45, 2.75) is 13.0 Å². The van der Waals surface area contributed by atoms with E-state index in [2.05, 4.69) is 5.32 Å². The van der Waals surface area contributed by atoms with E-state index in [1.165, 1.54) is 12.1 Å². The van der Waals surface area contributed by atoms with Gasteiger partial charge in [-0.1, -0.05) is 12.1 Å². The fourth-order valence-electron chi connectivity index (χ4n) is 1.86. The molecule has 19 heavy (non-hydrogen) atoms. The van der Waals surface area contributed by atoms with Crippen LogP contribution in [0.25, 0.3) is 0 Å². The first-order valence-corrected chi connectivity index (χ1v) is 6.05. The maximum Gasteiger partial charge on any atom is 0.125 e. The Hall–Kier alpha value is -2.23. The summed E-state index contributed by atoms with van der Waals surface area (Å²) in [7, 11) is 1.63. The van der Waals surface area contributed by atoms with Gasteiger partial charge in [0.1, 0.15) is 11.6 Å². The summed E-state index contributed by atoms with van der Waals surface area (Å²) in [5.41, 5.74) is 8.02. The molecule has 1 atom stereocenters. The molecule has 2 rings (SSSR count). The van der Waals surface area contributed by atoms with E-state index in [1.54, 1.807) is 13.2 Å². The normalized spacial score (nSPS) is 11.9. The molecule has 0 bridgehead atoms. The first-order chi connectivity index (χ1) is 9.10. The van der Waals surface area contributed by atoms with Crippen molar-refractivity contribution in [2.75, 3.05) is 18.2 Å². The van der Waals surface area contributed by atoms with Crippen molar-refractivity contribution in [2.24, 2.45) is 0 Å². The average molecular weight is 260 g/mol. The number of nitrogens with two attached hydrogens (primary N) is 1. The van der Waals surface area contributed by atoms with Gasteiger partial charge in [0.25, 0.3) is 0 Å². The fraction of sp³-hybridized carbons (Fsp3) is 0.200. The average Bonchev–Trinajstić information content (AvgIpc) is 2.43. The topological polar surface area (TPSA) is 47.3 Å². The van der Waals surface area contributed by atoms with Gasteiger partial charge in [-0.2, -0.15) is 0 Å². The largest absolute Gasteiger partial charge is 0.497 e. The standard InChI is InChI=1S/C15H17FN2O/c1-10(11-3-6-13(19-2)7-4-11)18-15-9-12(16)5-8-14(15)17/h3-10,18H,17H2,1-2H3. The Morgan fingerprint density at radius 1 is 1.16 bits per heavy atom. The fourth-order valence-corrected chi connectivity index (χ4v) is 1.86. The molecule has 2 aromatic rings. The second-order valence-corrected chi connectivity index (χ2v) is 4.37. The quantitative estimate of drug-likeness (QED) is 0.826. The lowest BCUT2D eigenvalue weighted by Gasteiger charge is -2.17. The molecule has 0 heterocycles. The summed E-state index contributed by atoms with van der Waals surface area (Å²) in [4.78, 5) is 0. The Kier molecular flexibility index (Phi) is 3.90. The number of methoxy groups -OCH3 is 1. The molecule has 0 saturated carbocycles. The summed E-state index contributed by atoms with van der Waals surface area (Å²) in [5, 5.41) is 3.20. The van der Waals surface area contributed by atoms with Crippen molar-refractivity contribution >= 4 is 11.4 Å². The highest BCUT2D eigenvalue weighted by Gasteiger charge is 2.08. The third-order valence-corrected chi connectivity index (χ3v) is 3.00. The molecule has 3 N–H and O–H groups in total. The number of hydrogen-bond donors (Lipinski definition) is 2. The first kappa shape index (κ1) is 13.2. The van der Waals surface area contributed by atoms with Crippen molar-refractivity contribution in [1.82, 2.24) is 0 Å². The van der Waals surface area contributed by atoms with E-state index in [0.29, 0.717) is 11.4 Å². The van der Waals surface area contributed by atoms with Crippen molar-refractivity contribution in [3.05, 3.63) is 53.8 Å². The van der Waals surface area contributed by atoms with Crippen molar-refractivity contribution in [1.29, 1.82) is 0 Å². The Labute approximate surface area is 112 Å². The number of benzene rings is 2. The van der Waals surface area contributed by atoms with Gasteiger partial charge in [-0.3, -0.25) is 0 Å². The van der Waals surface area contributed by atoms with Gasteiger partial charge in [0, 0.05) is 6.04 Å². The molecule has 4 heteroatoms. The maximum absolute atomic E-state index is 13.2. The minimum absolute atomic E-state index is 0.0232. The van der Waals surface area contributed by atoms with Crippen LogP contribution in [-0.4, -0.2) is 7.11 Å². The first-order valence-electron chi connectivity index (χ1n) is 6.05. The van der Waals surface area contributed by atoms with E-state index in [0.717, 1.165) is 11.3 Å². The van der Waals surface area contributed by atoms with Gasteiger partial charge < -0.3 is 15.8 Å². The van der Waals surface area contributed by atoms with Crippen LogP contribution >= 0.6 is 0 Å². The van der Waals surface area contributed by atoms with Gasteiger partial charge in [0.15, 0.2) is 0 Å². The Morgan fingerprint density at radius 3 is 2.47 bits per heavy atom. The zero-order valence-corrected chi connectivity index (χ0v) is 11.0. The van der Waals surface area contributed by atoms with Crippen molar-refractivity contribution in [3.63, 3.8) is 0 Å². The van der Waals surface area contributed by atoms with Gasteiger partial charge in [0.05, 0.1) is 18.5 Å². The molecule has 0 aliphatic heterocycles. The Morgan fingerprint density at radius 2 is 1.84 bits per heavy atom. The summed E-state index contributed by atoms with van der Waals surface area (Å²) in [5.74, 6) is 0.500. The second kappa shape index (κ2) is 5.61. The van der Waals surface area contributed by atoms with E-state index in [9.17, 15) is 4.39 Å². The summed E-state index contributed by atoms with van der Waals surface area (Å²) < 4.78 is 18.3. The molecule has 0 amide bonds. The molecule has 3 nitrogen and oxygen atoms in total. The summed E-state index contributed by atoms with van der Waals surface area (Å²) >= 11 is 0. The van der Waals surface area contributed by atoms with Crippen LogP contribution in [0.4, 0.5) is 15.8 Å². The molecule has 0 aliphatic rings. The zero-order valence-electron chi connectivity index (χ0n) is 11.0. The lowest BCUT2D eigenvalue weighted by molar-refractivity contribution is 0.414. The second-order valence-electron chi connectivity index (χ2n) is 4.37. The summed E-state index contributed by atoms with van der Waals surface area (Å²) in [6.07, 6.45) is 0. The molecule has 100 valence electrons. The number of nitrogen functional groups attached to an aromatic ring is 1. The monoisotopic (exact) mass is 260 g/mol. The van der Waals surface area contributed by atoms with Crippen LogP contribution in [0.5, 0.6) is 5.75 Å². The molecule has 0 saturated heterocycles.